The number of hydrogen-bond acceptors (Lipinski definition) is 7. The van der Waals surface area contributed by atoms with Gasteiger partial charge in [-0.2, -0.15) is 24.9 Å². The van der Waals surface area contributed by atoms with E-state index in [-0.39, 0.29) is 25.1 Å². The van der Waals surface area contributed by atoms with Gasteiger partial charge in [0, 0.05) is 17.1 Å². The van der Waals surface area contributed by atoms with Crippen LogP contribution in [-0.4, -0.2) is 63.7 Å². The van der Waals surface area contributed by atoms with Gasteiger partial charge in [0.2, 0.25) is 17.6 Å². The number of rotatable bonds is 12. The highest BCUT2D eigenvalue weighted by Gasteiger charge is 2.37. The fourth-order valence-electron chi connectivity index (χ4n) is 3.59. The molecule has 3 amide bonds. The van der Waals surface area contributed by atoms with E-state index in [9.17, 15) is 32.3 Å². The average Bonchev–Trinajstić information content (AvgIpc) is 2.93. The summed E-state index contributed by atoms with van der Waals surface area (Å²) in [6.45, 7) is -0.595. The maximum Gasteiger partial charge on any atom is 0.450 e. The lowest BCUT2D eigenvalue weighted by atomic mass is 10.1. The van der Waals surface area contributed by atoms with Crippen LogP contribution < -0.4 is 11.1 Å². The number of aromatic nitrogens is 1. The van der Waals surface area contributed by atoms with Crippen LogP contribution in [0.2, 0.25) is 0 Å². The normalized spacial score (nSPS) is 12.1. The number of pyridine rings is 1. The Hall–Kier alpha value is -3.77. The molecule has 0 saturated carbocycles. The summed E-state index contributed by atoms with van der Waals surface area (Å²) in [6, 6.07) is 16.3. The quantitative estimate of drug-likeness (QED) is 0.325. The van der Waals surface area contributed by atoms with Gasteiger partial charge in [-0.05, 0) is 48.4 Å². The van der Waals surface area contributed by atoms with Crippen molar-refractivity contribution in [2.75, 3.05) is 18.1 Å². The number of fused-ring (bicyclic) bond motifs is 1. The number of carbonyl (C=O) groups is 4. The molecule has 0 fully saturated rings. The molecule has 39 heavy (non-hydrogen) atoms. The molecule has 0 bridgehead atoms. The Morgan fingerprint density at radius 3 is 2.44 bits per heavy atom. The van der Waals surface area contributed by atoms with E-state index in [4.69, 9.17) is 5.73 Å². The van der Waals surface area contributed by atoms with E-state index in [0.717, 1.165) is 27.6 Å². The van der Waals surface area contributed by atoms with Crippen LogP contribution in [0.15, 0.2) is 66.9 Å². The maximum absolute atomic E-state index is 13.2. The number of para-hydroxylation sites is 1. The number of nitrogens with one attached hydrogen (secondary N) is 1. The Morgan fingerprint density at radius 2 is 1.72 bits per heavy atom. The SMILES string of the molecule is N[C@@H](CCCSCC(=O)C(F)(F)F)C(=O)N(Cc1cnc2ccccc2c1)C(=O)CNC(=O)c1ccccc1. The van der Waals surface area contributed by atoms with Crippen LogP contribution in [-0.2, 0) is 20.9 Å². The second-order valence-corrected chi connectivity index (χ2v) is 9.73. The number of alkyl halides is 3. The second kappa shape index (κ2) is 13.9. The molecule has 1 aromatic heterocycles. The first-order chi connectivity index (χ1) is 18.6. The second-order valence-electron chi connectivity index (χ2n) is 8.63. The summed E-state index contributed by atoms with van der Waals surface area (Å²) in [6.07, 6.45) is -3.00. The minimum atomic E-state index is -4.88. The lowest BCUT2D eigenvalue weighted by Crippen LogP contribution is -2.49. The van der Waals surface area contributed by atoms with Crippen molar-refractivity contribution in [1.82, 2.24) is 15.2 Å². The molecule has 0 unspecified atom stereocenters. The lowest BCUT2D eigenvalue weighted by Gasteiger charge is -2.24. The van der Waals surface area contributed by atoms with Gasteiger partial charge in [0.05, 0.1) is 30.4 Å². The summed E-state index contributed by atoms with van der Waals surface area (Å²) in [5.41, 5.74) is 7.71. The van der Waals surface area contributed by atoms with Crippen molar-refractivity contribution in [3.8, 4) is 0 Å². The highest BCUT2D eigenvalue weighted by atomic mass is 32.2. The standard InChI is InChI=1S/C27H27F3N4O4S/c28-27(29,30)23(35)17-39-12-6-10-21(31)26(38)34(16-18-13-20-9-4-5-11-22(20)32-14-18)24(36)15-33-25(37)19-7-2-1-3-8-19/h1-5,7-9,11,13-14,21H,6,10,12,15-17,31H2,(H,33,37)/t21-/m0/s1. The largest absolute Gasteiger partial charge is 0.450 e. The van der Waals surface area contributed by atoms with Crippen LogP contribution in [0.5, 0.6) is 0 Å². The van der Waals surface area contributed by atoms with Crippen molar-refractivity contribution >= 4 is 46.2 Å². The molecule has 3 rings (SSSR count). The van der Waals surface area contributed by atoms with Crippen molar-refractivity contribution < 1.29 is 32.3 Å². The van der Waals surface area contributed by atoms with Crippen molar-refractivity contribution in [1.29, 1.82) is 0 Å². The molecule has 206 valence electrons. The van der Waals surface area contributed by atoms with E-state index in [1.807, 2.05) is 24.3 Å². The Kier molecular flexibility index (Phi) is 10.6. The van der Waals surface area contributed by atoms with E-state index in [2.05, 4.69) is 10.3 Å². The monoisotopic (exact) mass is 560 g/mol. The number of thioether (sulfide) groups is 1. The lowest BCUT2D eigenvalue weighted by molar-refractivity contribution is -0.167. The van der Waals surface area contributed by atoms with Crippen molar-refractivity contribution in [3.63, 3.8) is 0 Å². The number of imide groups is 1. The molecule has 0 spiro atoms. The van der Waals surface area contributed by atoms with Gasteiger partial charge < -0.3 is 11.1 Å². The van der Waals surface area contributed by atoms with E-state index in [0.29, 0.717) is 11.1 Å². The molecule has 2 aromatic carbocycles. The summed E-state index contributed by atoms with van der Waals surface area (Å²) in [4.78, 5) is 55.0. The van der Waals surface area contributed by atoms with Crippen LogP contribution >= 0.6 is 11.8 Å². The Bertz CT molecular complexity index is 1320. The Morgan fingerprint density at radius 1 is 1.03 bits per heavy atom. The molecule has 1 atom stereocenters. The van der Waals surface area contributed by atoms with E-state index < -0.39 is 48.0 Å². The highest BCUT2D eigenvalue weighted by molar-refractivity contribution is 7.99. The van der Waals surface area contributed by atoms with Crippen LogP contribution in [0.1, 0.15) is 28.8 Å². The molecule has 8 nitrogen and oxygen atoms in total. The van der Waals surface area contributed by atoms with Crippen LogP contribution in [0.25, 0.3) is 10.9 Å². The van der Waals surface area contributed by atoms with Gasteiger partial charge in [-0.3, -0.25) is 29.1 Å². The Labute approximate surface area is 227 Å². The van der Waals surface area contributed by atoms with Gasteiger partial charge in [0.1, 0.15) is 0 Å². The van der Waals surface area contributed by atoms with E-state index >= 15 is 0 Å². The zero-order valence-electron chi connectivity index (χ0n) is 20.8. The molecule has 0 aliphatic carbocycles. The highest BCUT2D eigenvalue weighted by Crippen LogP contribution is 2.20. The molecule has 3 aromatic rings. The van der Waals surface area contributed by atoms with Gasteiger partial charge in [0.25, 0.3) is 5.91 Å². The number of benzene rings is 2. The smallest absolute Gasteiger partial charge is 0.343 e. The first kappa shape index (κ1) is 29.8. The zero-order chi connectivity index (χ0) is 28.4. The molecule has 0 saturated heterocycles. The molecule has 0 aliphatic rings. The molecular formula is C27H27F3N4O4S. The molecule has 3 N–H and O–H groups in total. The number of Topliss-reactive ketones (excluding diaryl/α,β-unsaturated/α-hetero) is 1. The minimum absolute atomic E-state index is 0.0855. The van der Waals surface area contributed by atoms with Gasteiger partial charge in [-0.15, -0.1) is 0 Å². The first-order valence-electron chi connectivity index (χ1n) is 12.0. The Balaban J connectivity index is 1.65. The predicted molar refractivity (Wildman–Crippen MR) is 142 cm³/mol. The summed E-state index contributed by atoms with van der Waals surface area (Å²) in [7, 11) is 0. The van der Waals surface area contributed by atoms with Crippen molar-refractivity contribution in [2.45, 2.75) is 31.6 Å². The van der Waals surface area contributed by atoms with Gasteiger partial charge >= 0.3 is 6.18 Å². The van der Waals surface area contributed by atoms with E-state index in [1.54, 1.807) is 36.4 Å². The van der Waals surface area contributed by atoms with Gasteiger partial charge in [-0.1, -0.05) is 36.4 Å². The third-order valence-electron chi connectivity index (χ3n) is 5.66. The van der Waals surface area contributed by atoms with Gasteiger partial charge in [-0.25, -0.2) is 0 Å². The summed E-state index contributed by atoms with van der Waals surface area (Å²) >= 11 is 0.797. The van der Waals surface area contributed by atoms with Crippen LogP contribution in [0.3, 0.4) is 0 Å². The number of hydrogen-bond donors (Lipinski definition) is 2. The number of nitrogens with zero attached hydrogens (tertiary/aromatic N) is 2. The molecule has 0 aliphatic heterocycles. The van der Waals surface area contributed by atoms with Crippen LogP contribution in [0.4, 0.5) is 13.2 Å². The molecule has 12 heteroatoms. The third kappa shape index (κ3) is 8.89. The average molecular weight is 561 g/mol. The number of carbonyl (C=O) groups excluding carboxylic acids is 4. The van der Waals surface area contributed by atoms with Crippen LogP contribution in [0, 0.1) is 0 Å². The topological polar surface area (TPSA) is 122 Å². The minimum Gasteiger partial charge on any atom is -0.343 e. The molecule has 0 radical (unpaired) electrons. The van der Waals surface area contributed by atoms with Gasteiger partial charge in [0.15, 0.2) is 0 Å². The first-order valence-corrected chi connectivity index (χ1v) is 13.2. The molecule has 1 heterocycles. The van der Waals surface area contributed by atoms with Crippen molar-refractivity contribution in [2.24, 2.45) is 5.73 Å². The number of nitrogens with two attached hydrogens (primary N) is 1. The zero-order valence-corrected chi connectivity index (χ0v) is 21.6. The number of ketones is 1. The third-order valence-corrected chi connectivity index (χ3v) is 6.71. The summed E-state index contributed by atoms with van der Waals surface area (Å²) in [5, 5.41) is 3.31. The fourth-order valence-corrected chi connectivity index (χ4v) is 4.46. The number of halogens is 3. The number of amides is 3. The summed E-state index contributed by atoms with van der Waals surface area (Å²) in [5.74, 6) is -4.23. The summed E-state index contributed by atoms with van der Waals surface area (Å²) < 4.78 is 37.0. The predicted octanol–water partition coefficient (Wildman–Crippen LogP) is 3.49. The van der Waals surface area contributed by atoms with Crippen molar-refractivity contribution in [3.05, 3.63) is 78.0 Å². The molecular weight excluding hydrogens is 533 g/mol. The van der Waals surface area contributed by atoms with E-state index in [1.165, 1.54) is 6.20 Å². The maximum atomic E-state index is 13.2. The fraction of sp³-hybridized carbons (Fsp3) is 0.296.